The van der Waals surface area contributed by atoms with Crippen molar-refractivity contribution in [2.24, 2.45) is 0 Å². The van der Waals surface area contributed by atoms with Crippen LogP contribution in [-0.4, -0.2) is 27.4 Å². The number of benzene rings is 1. The maximum Gasteiger partial charge on any atom is 0.122 e. The van der Waals surface area contributed by atoms with E-state index in [9.17, 15) is 0 Å². The van der Waals surface area contributed by atoms with E-state index in [0.717, 1.165) is 17.1 Å². The molecular formula is C11H13ClO3. The summed E-state index contributed by atoms with van der Waals surface area (Å²) < 4.78 is 15.5. The molecule has 4 heteroatoms. The fraction of sp³-hybridized carbons (Fsp3) is 0.455. The maximum absolute atomic E-state index is 6.35. The molecule has 0 spiro atoms. The van der Waals surface area contributed by atoms with Crippen molar-refractivity contribution in [3.05, 3.63) is 23.8 Å². The molecule has 0 aliphatic carbocycles. The van der Waals surface area contributed by atoms with Gasteiger partial charge < -0.3 is 14.2 Å². The molecule has 0 saturated carbocycles. The lowest BCUT2D eigenvalue weighted by Crippen LogP contribution is -2.41. The molecule has 0 radical (unpaired) electrons. The zero-order valence-corrected chi connectivity index (χ0v) is 9.50. The van der Waals surface area contributed by atoms with Crippen LogP contribution in [0, 0.1) is 0 Å². The largest absolute Gasteiger partial charge is 0.497 e. The molecule has 1 fully saturated rings. The summed E-state index contributed by atoms with van der Waals surface area (Å²) >= 11 is 6.35. The highest BCUT2D eigenvalue weighted by molar-refractivity contribution is 6.24. The summed E-state index contributed by atoms with van der Waals surface area (Å²) in [6, 6.07) is 5.65. The molecule has 0 aromatic heterocycles. The summed E-state index contributed by atoms with van der Waals surface area (Å²) in [5, 5.41) is 0. The Hall–Kier alpha value is -0.930. The van der Waals surface area contributed by atoms with Crippen molar-refractivity contribution < 1.29 is 14.2 Å². The van der Waals surface area contributed by atoms with Gasteiger partial charge in [-0.15, -0.1) is 11.6 Å². The Kier molecular flexibility index (Phi) is 2.76. The van der Waals surface area contributed by atoms with Gasteiger partial charge in [0.15, 0.2) is 0 Å². The molecule has 82 valence electrons. The summed E-state index contributed by atoms with van der Waals surface area (Å²) in [5.41, 5.74) is 0.978. The summed E-state index contributed by atoms with van der Waals surface area (Å²) in [7, 11) is 3.24. The number of rotatable bonds is 3. The monoisotopic (exact) mass is 228 g/mol. The van der Waals surface area contributed by atoms with Crippen LogP contribution in [0.25, 0.3) is 0 Å². The molecule has 2 rings (SSSR count). The maximum atomic E-state index is 6.35. The van der Waals surface area contributed by atoms with Crippen LogP contribution in [0.1, 0.15) is 5.56 Å². The predicted molar refractivity (Wildman–Crippen MR) is 57.9 cm³/mol. The molecule has 1 aliphatic rings. The second-order valence-electron chi connectivity index (χ2n) is 3.56. The topological polar surface area (TPSA) is 27.7 Å². The Bertz CT molecular complexity index is 339. The van der Waals surface area contributed by atoms with Gasteiger partial charge in [0.05, 0.1) is 27.4 Å². The first-order valence-electron chi connectivity index (χ1n) is 4.68. The first kappa shape index (κ1) is 10.6. The van der Waals surface area contributed by atoms with Crippen LogP contribution >= 0.6 is 11.6 Å². The smallest absolute Gasteiger partial charge is 0.122 e. The number of alkyl halides is 1. The van der Waals surface area contributed by atoms with E-state index in [0.29, 0.717) is 13.2 Å². The molecule has 1 heterocycles. The van der Waals surface area contributed by atoms with Crippen LogP contribution in [0.5, 0.6) is 11.5 Å². The standard InChI is InChI=1S/C11H13ClO3/c1-13-9-3-8(4-10(5-9)14-2)11(12)6-15-7-11/h3-5H,6-7H2,1-2H3. The van der Waals surface area contributed by atoms with Crippen molar-refractivity contribution in [2.45, 2.75) is 4.87 Å². The third kappa shape index (κ3) is 1.90. The van der Waals surface area contributed by atoms with E-state index in [4.69, 9.17) is 25.8 Å². The number of hydrogen-bond donors (Lipinski definition) is 0. The zero-order valence-electron chi connectivity index (χ0n) is 8.75. The van der Waals surface area contributed by atoms with E-state index >= 15 is 0 Å². The Labute approximate surface area is 93.9 Å². The summed E-state index contributed by atoms with van der Waals surface area (Å²) in [6.07, 6.45) is 0. The average Bonchev–Trinajstić information content (AvgIpc) is 2.25. The van der Waals surface area contributed by atoms with Gasteiger partial charge in [-0.25, -0.2) is 0 Å². The average molecular weight is 229 g/mol. The van der Waals surface area contributed by atoms with Gasteiger partial charge in [0.1, 0.15) is 16.4 Å². The quantitative estimate of drug-likeness (QED) is 0.743. The lowest BCUT2D eigenvalue weighted by atomic mass is 9.96. The Morgan fingerprint density at radius 2 is 1.67 bits per heavy atom. The Morgan fingerprint density at radius 3 is 2.00 bits per heavy atom. The van der Waals surface area contributed by atoms with Gasteiger partial charge in [-0.05, 0) is 17.7 Å². The fourth-order valence-corrected chi connectivity index (χ4v) is 1.78. The van der Waals surface area contributed by atoms with Crippen LogP contribution in [0.3, 0.4) is 0 Å². The minimum Gasteiger partial charge on any atom is -0.497 e. The first-order valence-corrected chi connectivity index (χ1v) is 5.06. The highest BCUT2D eigenvalue weighted by Crippen LogP contribution is 2.39. The van der Waals surface area contributed by atoms with Crippen LogP contribution in [-0.2, 0) is 9.61 Å². The van der Waals surface area contributed by atoms with Crippen molar-refractivity contribution >= 4 is 11.6 Å². The third-order valence-electron chi connectivity index (χ3n) is 2.53. The molecule has 0 atom stereocenters. The first-order chi connectivity index (χ1) is 7.18. The van der Waals surface area contributed by atoms with Crippen molar-refractivity contribution in [1.29, 1.82) is 0 Å². The third-order valence-corrected chi connectivity index (χ3v) is 2.97. The molecule has 0 unspecified atom stereocenters. The van der Waals surface area contributed by atoms with Crippen molar-refractivity contribution in [2.75, 3.05) is 27.4 Å². The van der Waals surface area contributed by atoms with Crippen LogP contribution in [0.2, 0.25) is 0 Å². The molecule has 15 heavy (non-hydrogen) atoms. The fourth-order valence-electron chi connectivity index (χ4n) is 1.51. The zero-order chi connectivity index (χ0) is 10.9. The van der Waals surface area contributed by atoms with E-state index in [1.165, 1.54) is 0 Å². The van der Waals surface area contributed by atoms with Gasteiger partial charge in [-0.3, -0.25) is 0 Å². The van der Waals surface area contributed by atoms with Gasteiger partial charge in [0.25, 0.3) is 0 Å². The Balaban J connectivity index is 2.37. The second kappa shape index (κ2) is 3.91. The summed E-state index contributed by atoms with van der Waals surface area (Å²) in [6.45, 7) is 1.07. The molecule has 0 N–H and O–H groups in total. The van der Waals surface area contributed by atoms with Gasteiger partial charge in [-0.2, -0.15) is 0 Å². The molecule has 0 bridgehead atoms. The summed E-state index contributed by atoms with van der Waals surface area (Å²) in [5.74, 6) is 1.49. The number of halogens is 1. The number of methoxy groups -OCH3 is 2. The van der Waals surface area contributed by atoms with Crippen LogP contribution in [0.15, 0.2) is 18.2 Å². The Morgan fingerprint density at radius 1 is 1.13 bits per heavy atom. The van der Waals surface area contributed by atoms with E-state index in [1.807, 2.05) is 18.2 Å². The molecule has 1 aliphatic heterocycles. The van der Waals surface area contributed by atoms with Gasteiger partial charge in [0, 0.05) is 6.07 Å². The second-order valence-corrected chi connectivity index (χ2v) is 4.28. The van der Waals surface area contributed by atoms with Gasteiger partial charge in [-0.1, -0.05) is 0 Å². The van der Waals surface area contributed by atoms with Gasteiger partial charge in [0.2, 0.25) is 0 Å². The molecule has 1 aromatic carbocycles. The van der Waals surface area contributed by atoms with E-state index in [2.05, 4.69) is 0 Å². The van der Waals surface area contributed by atoms with E-state index in [-0.39, 0.29) is 0 Å². The minimum atomic E-state index is -0.415. The van der Waals surface area contributed by atoms with E-state index < -0.39 is 4.87 Å². The lowest BCUT2D eigenvalue weighted by Gasteiger charge is -2.36. The molecule has 3 nitrogen and oxygen atoms in total. The van der Waals surface area contributed by atoms with Crippen molar-refractivity contribution in [1.82, 2.24) is 0 Å². The van der Waals surface area contributed by atoms with Crippen molar-refractivity contribution in [3.8, 4) is 11.5 Å². The number of hydrogen-bond acceptors (Lipinski definition) is 3. The van der Waals surface area contributed by atoms with Gasteiger partial charge >= 0.3 is 0 Å². The normalized spacial score (nSPS) is 18.1. The molecular weight excluding hydrogens is 216 g/mol. The lowest BCUT2D eigenvalue weighted by molar-refractivity contribution is -0.0153. The summed E-state index contributed by atoms with van der Waals surface area (Å²) in [4.78, 5) is -0.415. The highest BCUT2D eigenvalue weighted by atomic mass is 35.5. The van der Waals surface area contributed by atoms with Crippen LogP contribution in [0.4, 0.5) is 0 Å². The SMILES string of the molecule is COc1cc(OC)cc(C2(Cl)COC2)c1. The van der Waals surface area contributed by atoms with Crippen LogP contribution < -0.4 is 9.47 Å². The highest BCUT2D eigenvalue weighted by Gasteiger charge is 2.38. The predicted octanol–water partition coefficient (Wildman–Crippen LogP) is 2.17. The minimum absolute atomic E-state index is 0.415. The van der Waals surface area contributed by atoms with E-state index in [1.54, 1.807) is 14.2 Å². The molecule has 1 aromatic rings. The number of ether oxygens (including phenoxy) is 3. The molecule has 1 saturated heterocycles. The molecule has 0 amide bonds. The van der Waals surface area contributed by atoms with Crippen molar-refractivity contribution in [3.63, 3.8) is 0 Å².